The van der Waals surface area contributed by atoms with Crippen LogP contribution in [0.15, 0.2) is 30.6 Å². The molecule has 1 N–H and O–H groups in total. The molecule has 1 aromatic heterocycles. The van der Waals surface area contributed by atoms with E-state index in [1.165, 1.54) is 6.20 Å². The number of rotatable bonds is 2. The minimum absolute atomic E-state index is 0.231. The third kappa shape index (κ3) is 1.59. The number of carboxylic acid groups (broad SMARTS) is 1. The summed E-state index contributed by atoms with van der Waals surface area (Å²) in [6, 6.07) is 1.64. The van der Waals surface area contributed by atoms with Crippen molar-refractivity contribution in [2.75, 3.05) is 18.0 Å². The first-order valence-corrected chi connectivity index (χ1v) is 4.35. The number of hydrogen-bond donors (Lipinski definition) is 1. The fraction of sp³-hybridized carbons (Fsp3) is 0.200. The SMILES string of the molecule is O=C(O)c1cncc(N2CC=CC2)c1. The zero-order chi connectivity index (χ0) is 9.97. The molecule has 2 heterocycles. The maximum atomic E-state index is 10.7. The second-order valence-electron chi connectivity index (χ2n) is 3.11. The maximum Gasteiger partial charge on any atom is 0.337 e. The molecule has 0 amide bonds. The summed E-state index contributed by atoms with van der Waals surface area (Å²) in [5.74, 6) is -0.938. The molecule has 2 rings (SSSR count). The number of aromatic nitrogens is 1. The lowest BCUT2D eigenvalue weighted by Crippen LogP contribution is -2.19. The van der Waals surface area contributed by atoms with Gasteiger partial charge in [0.25, 0.3) is 0 Å². The van der Waals surface area contributed by atoms with Crippen LogP contribution in [0.4, 0.5) is 5.69 Å². The molecule has 1 aliphatic rings. The summed E-state index contributed by atoms with van der Waals surface area (Å²) in [5, 5.41) is 8.78. The van der Waals surface area contributed by atoms with Crippen molar-refractivity contribution in [2.45, 2.75) is 0 Å². The van der Waals surface area contributed by atoms with E-state index >= 15 is 0 Å². The average molecular weight is 190 g/mol. The highest BCUT2D eigenvalue weighted by Crippen LogP contribution is 2.16. The van der Waals surface area contributed by atoms with E-state index in [-0.39, 0.29) is 5.56 Å². The Morgan fingerprint density at radius 2 is 2.07 bits per heavy atom. The molecule has 0 saturated carbocycles. The Kier molecular flexibility index (Phi) is 2.18. The summed E-state index contributed by atoms with van der Waals surface area (Å²) >= 11 is 0. The second-order valence-corrected chi connectivity index (χ2v) is 3.11. The molecule has 4 heteroatoms. The molecule has 0 saturated heterocycles. The molecule has 1 aromatic rings. The highest BCUT2D eigenvalue weighted by Gasteiger charge is 2.10. The van der Waals surface area contributed by atoms with Gasteiger partial charge < -0.3 is 10.0 Å². The third-order valence-corrected chi connectivity index (χ3v) is 2.15. The fourth-order valence-electron chi connectivity index (χ4n) is 1.41. The lowest BCUT2D eigenvalue weighted by Gasteiger charge is -2.16. The van der Waals surface area contributed by atoms with Gasteiger partial charge in [-0.2, -0.15) is 0 Å². The Labute approximate surface area is 81.5 Å². The smallest absolute Gasteiger partial charge is 0.337 e. The van der Waals surface area contributed by atoms with E-state index in [1.807, 2.05) is 12.2 Å². The van der Waals surface area contributed by atoms with Gasteiger partial charge in [-0.1, -0.05) is 12.2 Å². The second kappa shape index (κ2) is 3.49. The number of carboxylic acids is 1. The summed E-state index contributed by atoms with van der Waals surface area (Å²) in [5.41, 5.74) is 1.09. The van der Waals surface area contributed by atoms with E-state index in [4.69, 9.17) is 5.11 Å². The highest BCUT2D eigenvalue weighted by molar-refractivity contribution is 5.88. The van der Waals surface area contributed by atoms with Crippen LogP contribution in [0, 0.1) is 0 Å². The van der Waals surface area contributed by atoms with E-state index in [9.17, 15) is 4.79 Å². The van der Waals surface area contributed by atoms with E-state index in [0.29, 0.717) is 0 Å². The molecule has 0 unspecified atom stereocenters. The quantitative estimate of drug-likeness (QED) is 0.711. The lowest BCUT2D eigenvalue weighted by molar-refractivity contribution is 0.0696. The van der Waals surface area contributed by atoms with Gasteiger partial charge >= 0.3 is 5.97 Å². The van der Waals surface area contributed by atoms with Gasteiger partial charge in [0.1, 0.15) is 0 Å². The number of nitrogens with zero attached hydrogens (tertiary/aromatic N) is 2. The first-order valence-electron chi connectivity index (χ1n) is 4.35. The van der Waals surface area contributed by atoms with Gasteiger partial charge in [0.05, 0.1) is 17.4 Å². The first kappa shape index (κ1) is 8.74. The van der Waals surface area contributed by atoms with Gasteiger partial charge in [0.2, 0.25) is 0 Å². The van der Waals surface area contributed by atoms with Crippen LogP contribution in [0.5, 0.6) is 0 Å². The number of pyridine rings is 1. The summed E-state index contributed by atoms with van der Waals surface area (Å²) < 4.78 is 0. The standard InChI is InChI=1S/C10H10N2O2/c13-10(14)8-5-9(7-11-6-8)12-3-1-2-4-12/h1-2,5-7H,3-4H2,(H,13,14). The van der Waals surface area contributed by atoms with Crippen molar-refractivity contribution in [3.8, 4) is 0 Å². The largest absolute Gasteiger partial charge is 0.478 e. The Bertz CT molecular complexity index is 379. The van der Waals surface area contributed by atoms with E-state index in [1.54, 1.807) is 12.3 Å². The Morgan fingerprint density at radius 1 is 1.36 bits per heavy atom. The summed E-state index contributed by atoms with van der Waals surface area (Å²) in [4.78, 5) is 16.6. The van der Waals surface area contributed by atoms with Crippen molar-refractivity contribution in [1.82, 2.24) is 4.98 Å². The van der Waals surface area contributed by atoms with Gasteiger partial charge in [-0.15, -0.1) is 0 Å². The lowest BCUT2D eigenvalue weighted by atomic mass is 10.2. The van der Waals surface area contributed by atoms with Crippen molar-refractivity contribution < 1.29 is 9.90 Å². The van der Waals surface area contributed by atoms with Crippen molar-refractivity contribution in [1.29, 1.82) is 0 Å². The Balaban J connectivity index is 2.26. The zero-order valence-electron chi connectivity index (χ0n) is 7.55. The normalized spacial score (nSPS) is 14.7. The van der Waals surface area contributed by atoms with Crippen LogP contribution < -0.4 is 4.90 Å². The summed E-state index contributed by atoms with van der Waals surface area (Å²) in [7, 11) is 0. The van der Waals surface area contributed by atoms with Gasteiger partial charge in [-0.05, 0) is 6.07 Å². The van der Waals surface area contributed by atoms with Gasteiger partial charge in [-0.3, -0.25) is 4.98 Å². The molecular formula is C10H10N2O2. The average Bonchev–Trinajstić information content (AvgIpc) is 2.71. The number of anilines is 1. The molecule has 4 nitrogen and oxygen atoms in total. The van der Waals surface area contributed by atoms with E-state index in [2.05, 4.69) is 9.88 Å². The maximum absolute atomic E-state index is 10.7. The topological polar surface area (TPSA) is 53.4 Å². The van der Waals surface area contributed by atoms with Gasteiger partial charge in [-0.25, -0.2) is 4.79 Å². The summed E-state index contributed by atoms with van der Waals surface area (Å²) in [6.07, 6.45) is 7.13. The number of aromatic carboxylic acids is 1. The van der Waals surface area contributed by atoms with E-state index < -0.39 is 5.97 Å². The monoisotopic (exact) mass is 190 g/mol. The minimum atomic E-state index is -0.938. The molecular weight excluding hydrogens is 180 g/mol. The molecule has 0 bridgehead atoms. The molecule has 72 valence electrons. The molecule has 14 heavy (non-hydrogen) atoms. The molecule has 0 aromatic carbocycles. The predicted octanol–water partition coefficient (Wildman–Crippen LogP) is 1.16. The van der Waals surface area contributed by atoms with Crippen molar-refractivity contribution in [3.05, 3.63) is 36.2 Å². The van der Waals surface area contributed by atoms with Crippen molar-refractivity contribution in [2.24, 2.45) is 0 Å². The minimum Gasteiger partial charge on any atom is -0.478 e. The fourth-order valence-corrected chi connectivity index (χ4v) is 1.41. The predicted molar refractivity (Wildman–Crippen MR) is 52.5 cm³/mol. The first-order chi connectivity index (χ1) is 6.77. The van der Waals surface area contributed by atoms with Crippen LogP contribution in [0.2, 0.25) is 0 Å². The number of carbonyl (C=O) groups is 1. The molecule has 0 atom stereocenters. The molecule has 0 fully saturated rings. The van der Waals surface area contributed by atoms with E-state index in [0.717, 1.165) is 18.8 Å². The number of hydrogen-bond acceptors (Lipinski definition) is 3. The Hall–Kier alpha value is -1.84. The van der Waals surface area contributed by atoms with Gasteiger partial charge in [0, 0.05) is 19.3 Å². The molecule has 1 aliphatic heterocycles. The zero-order valence-corrected chi connectivity index (χ0v) is 7.55. The van der Waals surface area contributed by atoms with Crippen molar-refractivity contribution >= 4 is 11.7 Å². The van der Waals surface area contributed by atoms with Crippen LogP contribution in [-0.2, 0) is 0 Å². The van der Waals surface area contributed by atoms with Crippen LogP contribution >= 0.6 is 0 Å². The molecule has 0 aliphatic carbocycles. The molecule has 0 radical (unpaired) electrons. The highest BCUT2D eigenvalue weighted by atomic mass is 16.4. The molecule has 0 spiro atoms. The van der Waals surface area contributed by atoms with Gasteiger partial charge in [0.15, 0.2) is 0 Å². The summed E-state index contributed by atoms with van der Waals surface area (Å²) in [6.45, 7) is 1.65. The van der Waals surface area contributed by atoms with Crippen LogP contribution in [0.25, 0.3) is 0 Å². The third-order valence-electron chi connectivity index (χ3n) is 2.15. The Morgan fingerprint density at radius 3 is 2.71 bits per heavy atom. The van der Waals surface area contributed by atoms with Crippen LogP contribution in [0.1, 0.15) is 10.4 Å². The van der Waals surface area contributed by atoms with Crippen LogP contribution in [-0.4, -0.2) is 29.1 Å². The van der Waals surface area contributed by atoms with Crippen LogP contribution in [0.3, 0.4) is 0 Å². The van der Waals surface area contributed by atoms with Crippen molar-refractivity contribution in [3.63, 3.8) is 0 Å².